The minimum Gasteiger partial charge on any atom is -0.508 e. The summed E-state index contributed by atoms with van der Waals surface area (Å²) in [6, 6.07) is 11.0. The molecule has 0 aromatic heterocycles. The Labute approximate surface area is 206 Å². The van der Waals surface area contributed by atoms with Crippen molar-refractivity contribution in [2.75, 3.05) is 26.2 Å². The van der Waals surface area contributed by atoms with E-state index in [2.05, 4.69) is 0 Å². The molecule has 2 aliphatic heterocycles. The summed E-state index contributed by atoms with van der Waals surface area (Å²) in [6.07, 6.45) is 2.95. The zero-order valence-corrected chi connectivity index (χ0v) is 20.7. The van der Waals surface area contributed by atoms with Crippen LogP contribution in [0.2, 0.25) is 0 Å². The third-order valence-corrected chi connectivity index (χ3v) is 7.60. The molecule has 4 rings (SSSR count). The summed E-state index contributed by atoms with van der Waals surface area (Å²) in [5.41, 5.74) is 0.157. The van der Waals surface area contributed by atoms with Crippen molar-refractivity contribution in [3.8, 4) is 5.75 Å². The van der Waals surface area contributed by atoms with E-state index < -0.39 is 23.5 Å². The van der Waals surface area contributed by atoms with E-state index in [1.165, 1.54) is 18.2 Å². The Hall–Kier alpha value is -2.77. The van der Waals surface area contributed by atoms with Gasteiger partial charge in [0.05, 0.1) is 5.92 Å². The van der Waals surface area contributed by atoms with E-state index in [0.29, 0.717) is 29.8 Å². The number of carbonyl (C=O) groups is 2. The number of amides is 1. The highest BCUT2D eigenvalue weighted by molar-refractivity contribution is 5.99. The number of piperidine rings is 2. The molecule has 2 aromatic rings. The van der Waals surface area contributed by atoms with Crippen molar-refractivity contribution in [1.82, 2.24) is 9.80 Å². The first-order valence-corrected chi connectivity index (χ1v) is 12.4. The van der Waals surface area contributed by atoms with Crippen molar-refractivity contribution < 1.29 is 24.2 Å². The second-order valence-corrected chi connectivity index (χ2v) is 10.4. The molecule has 3 atom stereocenters. The monoisotopic (exact) mass is 482 g/mol. The lowest BCUT2D eigenvalue weighted by molar-refractivity contribution is -0.147. The van der Waals surface area contributed by atoms with Crippen LogP contribution in [-0.2, 0) is 4.79 Å². The van der Waals surface area contributed by atoms with Crippen LogP contribution in [0.1, 0.15) is 60.5 Å². The van der Waals surface area contributed by atoms with E-state index in [-0.39, 0.29) is 36.3 Å². The molecule has 0 aliphatic carbocycles. The fraction of sp³-hybridized carbons (Fsp3) is 0.500. The highest BCUT2D eigenvalue weighted by Gasteiger charge is 2.48. The minimum absolute atomic E-state index is 0.0227. The molecule has 2 saturated heterocycles. The predicted octanol–water partition coefficient (Wildman–Crippen LogP) is 4.10. The van der Waals surface area contributed by atoms with Gasteiger partial charge in [0.2, 0.25) is 5.91 Å². The topological polar surface area (TPSA) is 81.1 Å². The average molecular weight is 483 g/mol. The summed E-state index contributed by atoms with van der Waals surface area (Å²) in [5, 5.41) is 20.9. The maximum atomic E-state index is 14.7. The summed E-state index contributed by atoms with van der Waals surface area (Å²) in [7, 11) is 0. The van der Waals surface area contributed by atoms with E-state index in [1.54, 1.807) is 43.9 Å². The van der Waals surface area contributed by atoms with Crippen LogP contribution in [0.25, 0.3) is 0 Å². The third kappa shape index (κ3) is 5.26. The third-order valence-electron chi connectivity index (χ3n) is 7.60. The number of carbonyl (C=O) groups excluding carboxylic acids is 2. The second-order valence-electron chi connectivity index (χ2n) is 10.4. The molecule has 7 heteroatoms. The molecule has 1 amide bonds. The Bertz CT molecular complexity index is 1090. The van der Waals surface area contributed by atoms with Gasteiger partial charge in [-0.3, -0.25) is 14.5 Å². The minimum atomic E-state index is -1.25. The number of nitrogens with zero attached hydrogens (tertiary/aromatic N) is 2. The van der Waals surface area contributed by atoms with E-state index in [0.717, 1.165) is 19.3 Å². The quantitative estimate of drug-likeness (QED) is 0.628. The fourth-order valence-electron chi connectivity index (χ4n) is 5.62. The highest BCUT2D eigenvalue weighted by Crippen LogP contribution is 2.43. The summed E-state index contributed by atoms with van der Waals surface area (Å²) in [6.45, 7) is 6.80. The molecule has 0 radical (unpaired) electrons. The second kappa shape index (κ2) is 10.1. The van der Waals surface area contributed by atoms with E-state index >= 15 is 0 Å². The number of benzene rings is 2. The van der Waals surface area contributed by atoms with Gasteiger partial charge < -0.3 is 15.1 Å². The van der Waals surface area contributed by atoms with Gasteiger partial charge in [-0.2, -0.15) is 0 Å². The van der Waals surface area contributed by atoms with Crippen LogP contribution in [-0.4, -0.2) is 63.6 Å². The smallest absolute Gasteiger partial charge is 0.227 e. The molecule has 2 fully saturated rings. The normalized spacial score (nSPS) is 23.8. The van der Waals surface area contributed by atoms with Crippen LogP contribution in [0.5, 0.6) is 5.75 Å². The molecular weight excluding hydrogens is 447 g/mol. The number of phenols is 1. The zero-order valence-electron chi connectivity index (χ0n) is 20.7. The Morgan fingerprint density at radius 1 is 1.00 bits per heavy atom. The van der Waals surface area contributed by atoms with Crippen molar-refractivity contribution >= 4 is 11.7 Å². The first-order chi connectivity index (χ1) is 16.6. The maximum absolute atomic E-state index is 14.7. The van der Waals surface area contributed by atoms with Gasteiger partial charge in [-0.1, -0.05) is 24.3 Å². The van der Waals surface area contributed by atoms with Crippen LogP contribution in [0, 0.1) is 24.6 Å². The SMILES string of the molecule is Cc1c(F)cccc1C1C(C(=O)c2cccc(O)c2)CN(C(C)(C)O)CC1C(=O)N1CCCCC1. The molecule has 3 unspecified atom stereocenters. The number of phenolic OH excluding ortho intramolecular Hbond substituents is 1. The van der Waals surface area contributed by atoms with Gasteiger partial charge in [0, 0.05) is 43.6 Å². The number of halogens is 1. The number of rotatable bonds is 5. The molecule has 0 saturated carbocycles. The lowest BCUT2D eigenvalue weighted by atomic mass is 9.69. The van der Waals surface area contributed by atoms with Gasteiger partial charge in [-0.05, 0) is 69.4 Å². The van der Waals surface area contributed by atoms with Gasteiger partial charge in [-0.25, -0.2) is 4.39 Å². The maximum Gasteiger partial charge on any atom is 0.227 e. The summed E-state index contributed by atoms with van der Waals surface area (Å²) in [4.78, 5) is 31.5. The van der Waals surface area contributed by atoms with Gasteiger partial charge in [0.1, 0.15) is 17.3 Å². The van der Waals surface area contributed by atoms with Gasteiger partial charge in [0.15, 0.2) is 5.78 Å². The first-order valence-electron chi connectivity index (χ1n) is 12.4. The molecule has 2 aliphatic rings. The van der Waals surface area contributed by atoms with Crippen molar-refractivity contribution in [2.45, 2.75) is 51.7 Å². The predicted molar refractivity (Wildman–Crippen MR) is 132 cm³/mol. The van der Waals surface area contributed by atoms with Crippen molar-refractivity contribution in [2.24, 2.45) is 11.8 Å². The summed E-state index contributed by atoms with van der Waals surface area (Å²) < 4.78 is 14.7. The first kappa shape index (κ1) is 25.3. The zero-order chi connectivity index (χ0) is 25.3. The van der Waals surface area contributed by atoms with Crippen molar-refractivity contribution in [3.05, 3.63) is 65.0 Å². The number of aliphatic hydroxyl groups is 1. The molecule has 2 N–H and O–H groups in total. The summed E-state index contributed by atoms with van der Waals surface area (Å²) >= 11 is 0. The Balaban J connectivity index is 1.84. The lowest BCUT2D eigenvalue weighted by Crippen LogP contribution is -2.59. The molecule has 0 spiro atoms. The van der Waals surface area contributed by atoms with Crippen LogP contribution >= 0.6 is 0 Å². The highest BCUT2D eigenvalue weighted by atomic mass is 19.1. The van der Waals surface area contributed by atoms with Crippen LogP contribution in [0.4, 0.5) is 4.39 Å². The molecular formula is C28H35FN2O4. The number of ketones is 1. The molecule has 0 bridgehead atoms. The number of hydrogen-bond donors (Lipinski definition) is 2. The van der Waals surface area contributed by atoms with E-state index in [9.17, 15) is 24.2 Å². The van der Waals surface area contributed by atoms with E-state index in [4.69, 9.17) is 0 Å². The summed E-state index contributed by atoms with van der Waals surface area (Å²) in [5.74, 6) is -2.59. The average Bonchev–Trinajstić information content (AvgIpc) is 2.84. The van der Waals surface area contributed by atoms with Crippen molar-refractivity contribution in [3.63, 3.8) is 0 Å². The Morgan fingerprint density at radius 3 is 2.31 bits per heavy atom. The Kier molecular flexibility index (Phi) is 7.29. The van der Waals surface area contributed by atoms with E-state index in [1.807, 2.05) is 11.0 Å². The lowest BCUT2D eigenvalue weighted by Gasteiger charge is -2.48. The fourth-order valence-corrected chi connectivity index (χ4v) is 5.62. The largest absolute Gasteiger partial charge is 0.508 e. The number of likely N-dealkylation sites (tertiary alicyclic amines) is 2. The molecule has 2 heterocycles. The van der Waals surface area contributed by atoms with Crippen molar-refractivity contribution in [1.29, 1.82) is 0 Å². The molecule has 35 heavy (non-hydrogen) atoms. The van der Waals surface area contributed by atoms with Crippen LogP contribution in [0.15, 0.2) is 42.5 Å². The number of aromatic hydroxyl groups is 1. The molecule has 2 aromatic carbocycles. The number of hydrogen-bond acceptors (Lipinski definition) is 5. The molecule has 6 nitrogen and oxygen atoms in total. The van der Waals surface area contributed by atoms with Gasteiger partial charge >= 0.3 is 0 Å². The molecule has 188 valence electrons. The van der Waals surface area contributed by atoms with Gasteiger partial charge in [-0.15, -0.1) is 0 Å². The number of Topliss-reactive ketones (excluding diaryl/α,β-unsaturated/α-hetero) is 1. The van der Waals surface area contributed by atoms with Crippen LogP contribution in [0.3, 0.4) is 0 Å². The van der Waals surface area contributed by atoms with Gasteiger partial charge in [0.25, 0.3) is 0 Å². The van der Waals surface area contributed by atoms with Crippen LogP contribution < -0.4 is 0 Å². The standard InChI is InChI=1S/C28H35FN2O4/c1-18-21(11-8-12-24(18)29)25-22(26(33)19-9-7-10-20(32)15-19)16-31(28(2,3)35)17-23(25)27(34)30-13-5-4-6-14-30/h7-12,15,22-23,25,32,35H,4-6,13-14,16-17H2,1-3H3. The Morgan fingerprint density at radius 2 is 1.66 bits per heavy atom.